The van der Waals surface area contributed by atoms with Crippen LogP contribution in [0.1, 0.15) is 43.0 Å². The summed E-state index contributed by atoms with van der Waals surface area (Å²) in [6.07, 6.45) is 2.41. The summed E-state index contributed by atoms with van der Waals surface area (Å²) in [5.41, 5.74) is 1.35. The predicted molar refractivity (Wildman–Crippen MR) is 93.9 cm³/mol. The van der Waals surface area contributed by atoms with Gasteiger partial charge in [0.25, 0.3) is 0 Å². The van der Waals surface area contributed by atoms with Crippen LogP contribution in [-0.4, -0.2) is 26.9 Å². The number of rotatable bonds is 7. The lowest BCUT2D eigenvalue weighted by Gasteiger charge is -2.14. The van der Waals surface area contributed by atoms with E-state index in [-0.39, 0.29) is 11.9 Å². The van der Waals surface area contributed by atoms with Crippen LogP contribution in [0.15, 0.2) is 11.4 Å². The molecule has 2 rings (SSSR count). The maximum absolute atomic E-state index is 11.5. The molecule has 0 aromatic carbocycles. The number of hydrogen-bond donors (Lipinski definition) is 2. The van der Waals surface area contributed by atoms with E-state index < -0.39 is 0 Å². The molecular formula is C16H23N5OS. The first-order valence-corrected chi connectivity index (χ1v) is 8.68. The number of aromatic nitrogens is 3. The normalized spacial score (nSPS) is 12.0. The maximum Gasteiger partial charge on any atom is 0.234 e. The molecule has 23 heavy (non-hydrogen) atoms. The molecule has 1 amide bonds. The SMILES string of the molecule is CCC(=O)Nc1nc(C)nc(NC(C)CCc2sccc2C)n1. The van der Waals surface area contributed by atoms with Gasteiger partial charge in [0.2, 0.25) is 17.8 Å². The van der Waals surface area contributed by atoms with Crippen molar-refractivity contribution in [3.8, 4) is 0 Å². The number of nitrogens with one attached hydrogen (secondary N) is 2. The summed E-state index contributed by atoms with van der Waals surface area (Å²) in [5, 5.41) is 8.08. The Hall–Kier alpha value is -2.02. The number of nitrogens with zero attached hydrogens (tertiary/aromatic N) is 3. The Balaban J connectivity index is 1.95. The van der Waals surface area contributed by atoms with Crippen LogP contribution in [-0.2, 0) is 11.2 Å². The summed E-state index contributed by atoms with van der Waals surface area (Å²) in [6, 6.07) is 2.38. The Bertz CT molecular complexity index is 670. The first-order valence-electron chi connectivity index (χ1n) is 7.80. The highest BCUT2D eigenvalue weighted by atomic mass is 32.1. The van der Waals surface area contributed by atoms with Crippen molar-refractivity contribution in [3.05, 3.63) is 27.7 Å². The molecule has 6 nitrogen and oxygen atoms in total. The number of carbonyl (C=O) groups is 1. The Kier molecular flexibility index (Phi) is 6.04. The fraction of sp³-hybridized carbons (Fsp3) is 0.500. The van der Waals surface area contributed by atoms with Gasteiger partial charge in [0.1, 0.15) is 5.82 Å². The maximum atomic E-state index is 11.5. The summed E-state index contributed by atoms with van der Waals surface area (Å²) in [7, 11) is 0. The van der Waals surface area contributed by atoms with Crippen molar-refractivity contribution in [1.29, 1.82) is 0 Å². The van der Waals surface area contributed by atoms with Crippen molar-refractivity contribution >= 4 is 29.1 Å². The summed E-state index contributed by atoms with van der Waals surface area (Å²) < 4.78 is 0. The number of aryl methyl sites for hydroxylation is 3. The van der Waals surface area contributed by atoms with Gasteiger partial charge in [-0.2, -0.15) is 15.0 Å². The standard InChI is InChI=1S/C16H23N5OS/c1-5-14(22)20-16-19-12(4)18-15(21-16)17-11(3)6-7-13-10(2)8-9-23-13/h8-9,11H,5-7H2,1-4H3,(H2,17,18,19,20,21,22). The third-order valence-corrected chi connectivity index (χ3v) is 4.55. The third-order valence-electron chi connectivity index (χ3n) is 3.47. The van der Waals surface area contributed by atoms with Crippen molar-refractivity contribution in [2.45, 2.75) is 53.0 Å². The predicted octanol–water partition coefficient (Wildman–Crippen LogP) is 3.33. The van der Waals surface area contributed by atoms with Crippen LogP contribution in [0, 0.1) is 13.8 Å². The molecule has 0 saturated carbocycles. The first-order chi connectivity index (χ1) is 11.0. The molecule has 2 heterocycles. The van der Waals surface area contributed by atoms with Gasteiger partial charge < -0.3 is 5.32 Å². The summed E-state index contributed by atoms with van der Waals surface area (Å²) in [6.45, 7) is 7.82. The van der Waals surface area contributed by atoms with E-state index in [0.717, 1.165) is 12.8 Å². The van der Waals surface area contributed by atoms with E-state index in [9.17, 15) is 4.79 Å². The lowest BCUT2D eigenvalue weighted by atomic mass is 10.1. The summed E-state index contributed by atoms with van der Waals surface area (Å²) in [5.74, 6) is 1.27. The van der Waals surface area contributed by atoms with Gasteiger partial charge in [-0.1, -0.05) is 6.92 Å². The van der Waals surface area contributed by atoms with E-state index in [2.05, 4.69) is 50.9 Å². The quantitative estimate of drug-likeness (QED) is 0.812. The van der Waals surface area contributed by atoms with Gasteiger partial charge >= 0.3 is 0 Å². The van der Waals surface area contributed by atoms with Crippen molar-refractivity contribution in [2.75, 3.05) is 10.6 Å². The zero-order valence-electron chi connectivity index (χ0n) is 14.0. The van der Waals surface area contributed by atoms with Crippen molar-refractivity contribution < 1.29 is 4.79 Å². The molecule has 0 spiro atoms. The number of hydrogen-bond acceptors (Lipinski definition) is 6. The van der Waals surface area contributed by atoms with Crippen LogP contribution >= 0.6 is 11.3 Å². The number of carbonyl (C=O) groups excluding carboxylic acids is 1. The zero-order chi connectivity index (χ0) is 16.8. The van der Waals surface area contributed by atoms with E-state index in [1.165, 1.54) is 10.4 Å². The number of amides is 1. The lowest BCUT2D eigenvalue weighted by Crippen LogP contribution is -2.20. The highest BCUT2D eigenvalue weighted by molar-refractivity contribution is 7.10. The van der Waals surface area contributed by atoms with Crippen LogP contribution < -0.4 is 10.6 Å². The molecule has 0 saturated heterocycles. The lowest BCUT2D eigenvalue weighted by molar-refractivity contribution is -0.115. The van der Waals surface area contributed by atoms with E-state index in [1.807, 2.05) is 0 Å². The summed E-state index contributed by atoms with van der Waals surface area (Å²) in [4.78, 5) is 25.6. The number of thiophene rings is 1. The molecule has 0 aliphatic heterocycles. The largest absolute Gasteiger partial charge is 0.352 e. The van der Waals surface area contributed by atoms with Gasteiger partial charge in [0.05, 0.1) is 0 Å². The minimum absolute atomic E-state index is 0.109. The summed E-state index contributed by atoms with van der Waals surface area (Å²) >= 11 is 1.80. The Morgan fingerprint density at radius 2 is 2.00 bits per heavy atom. The third kappa shape index (κ3) is 5.28. The van der Waals surface area contributed by atoms with Gasteiger partial charge in [0.15, 0.2) is 0 Å². The smallest absolute Gasteiger partial charge is 0.234 e. The second-order valence-electron chi connectivity index (χ2n) is 5.54. The monoisotopic (exact) mass is 333 g/mol. The number of anilines is 2. The van der Waals surface area contributed by atoms with Crippen LogP contribution in [0.25, 0.3) is 0 Å². The van der Waals surface area contributed by atoms with Gasteiger partial charge in [-0.15, -0.1) is 11.3 Å². The molecule has 7 heteroatoms. The van der Waals surface area contributed by atoms with Gasteiger partial charge in [-0.3, -0.25) is 10.1 Å². The fourth-order valence-corrected chi connectivity index (χ4v) is 3.04. The van der Waals surface area contributed by atoms with E-state index >= 15 is 0 Å². The molecule has 2 aromatic rings. The molecule has 0 radical (unpaired) electrons. The molecule has 2 N–H and O–H groups in total. The van der Waals surface area contributed by atoms with Crippen molar-refractivity contribution in [2.24, 2.45) is 0 Å². The van der Waals surface area contributed by atoms with Crippen molar-refractivity contribution in [3.63, 3.8) is 0 Å². The van der Waals surface area contributed by atoms with Crippen LogP contribution in [0.4, 0.5) is 11.9 Å². The van der Waals surface area contributed by atoms with Gasteiger partial charge in [-0.05, 0) is 50.6 Å². The van der Waals surface area contributed by atoms with Gasteiger partial charge in [0, 0.05) is 17.3 Å². The molecule has 2 aromatic heterocycles. The minimum atomic E-state index is -0.109. The molecular weight excluding hydrogens is 310 g/mol. The zero-order valence-corrected chi connectivity index (χ0v) is 14.8. The molecule has 0 aliphatic rings. The minimum Gasteiger partial charge on any atom is -0.352 e. The Morgan fingerprint density at radius 1 is 1.26 bits per heavy atom. The highest BCUT2D eigenvalue weighted by Gasteiger charge is 2.10. The van der Waals surface area contributed by atoms with Gasteiger partial charge in [-0.25, -0.2) is 0 Å². The van der Waals surface area contributed by atoms with Crippen LogP contribution in [0.2, 0.25) is 0 Å². The average molecular weight is 333 g/mol. The second kappa shape index (κ2) is 8.01. The topological polar surface area (TPSA) is 79.8 Å². The highest BCUT2D eigenvalue weighted by Crippen LogP contribution is 2.18. The molecule has 1 unspecified atom stereocenters. The molecule has 124 valence electrons. The molecule has 0 fully saturated rings. The molecule has 1 atom stereocenters. The van der Waals surface area contributed by atoms with Crippen molar-refractivity contribution in [1.82, 2.24) is 15.0 Å². The van der Waals surface area contributed by atoms with E-state index in [1.54, 1.807) is 25.2 Å². The fourth-order valence-electron chi connectivity index (χ4n) is 2.12. The molecule has 0 bridgehead atoms. The first kappa shape index (κ1) is 17.3. The molecule has 0 aliphatic carbocycles. The van der Waals surface area contributed by atoms with E-state index in [0.29, 0.717) is 24.1 Å². The van der Waals surface area contributed by atoms with E-state index in [4.69, 9.17) is 0 Å². The Labute approximate surface area is 140 Å². The second-order valence-corrected chi connectivity index (χ2v) is 6.54. The van der Waals surface area contributed by atoms with Crippen LogP contribution in [0.5, 0.6) is 0 Å². The Morgan fingerprint density at radius 3 is 2.65 bits per heavy atom. The van der Waals surface area contributed by atoms with Crippen LogP contribution in [0.3, 0.4) is 0 Å². The average Bonchev–Trinajstić information content (AvgIpc) is 2.89.